The second-order valence-corrected chi connectivity index (χ2v) is 4.32. The van der Waals surface area contributed by atoms with Gasteiger partial charge in [0.15, 0.2) is 11.5 Å². The van der Waals surface area contributed by atoms with Crippen LogP contribution in [0.25, 0.3) is 0 Å². The van der Waals surface area contributed by atoms with Crippen LogP contribution in [0, 0.1) is 5.92 Å². The molecule has 0 saturated heterocycles. The van der Waals surface area contributed by atoms with Gasteiger partial charge < -0.3 is 9.84 Å². The van der Waals surface area contributed by atoms with Gasteiger partial charge in [0, 0.05) is 6.42 Å². The molecule has 0 radical (unpaired) electrons. The second-order valence-electron chi connectivity index (χ2n) is 4.32. The van der Waals surface area contributed by atoms with E-state index in [4.69, 9.17) is 4.74 Å². The summed E-state index contributed by atoms with van der Waals surface area (Å²) in [6.45, 7) is 3.93. The number of phenols is 1. The van der Waals surface area contributed by atoms with Crippen molar-refractivity contribution >= 4 is 12.1 Å². The van der Waals surface area contributed by atoms with Crippen molar-refractivity contribution < 1.29 is 14.6 Å². The number of aromatic hydroxyl groups is 1. The first-order valence-corrected chi connectivity index (χ1v) is 5.72. The monoisotopic (exact) mass is 250 g/mol. The Bertz CT molecular complexity index is 442. The van der Waals surface area contributed by atoms with E-state index >= 15 is 0 Å². The average Bonchev–Trinajstić information content (AvgIpc) is 2.30. The van der Waals surface area contributed by atoms with Crippen LogP contribution >= 0.6 is 0 Å². The number of nitrogens with zero attached hydrogens (tertiary/aromatic N) is 1. The maximum absolute atomic E-state index is 11.3. The van der Waals surface area contributed by atoms with E-state index in [2.05, 4.69) is 10.5 Å². The Kier molecular flexibility index (Phi) is 5.17. The van der Waals surface area contributed by atoms with Crippen molar-refractivity contribution in [2.24, 2.45) is 11.0 Å². The quantitative estimate of drug-likeness (QED) is 0.619. The number of hydrazone groups is 1. The lowest BCUT2D eigenvalue weighted by molar-refractivity contribution is -0.121. The summed E-state index contributed by atoms with van der Waals surface area (Å²) in [5, 5.41) is 13.2. The molecule has 0 unspecified atom stereocenters. The molecule has 1 aromatic carbocycles. The van der Waals surface area contributed by atoms with E-state index in [1.807, 2.05) is 13.8 Å². The molecule has 0 aliphatic rings. The molecule has 0 spiro atoms. The van der Waals surface area contributed by atoms with E-state index in [1.165, 1.54) is 19.4 Å². The summed E-state index contributed by atoms with van der Waals surface area (Å²) in [7, 11) is 1.47. The molecule has 5 heteroatoms. The van der Waals surface area contributed by atoms with E-state index < -0.39 is 0 Å². The highest BCUT2D eigenvalue weighted by molar-refractivity contribution is 5.83. The van der Waals surface area contributed by atoms with Crippen molar-refractivity contribution in [2.45, 2.75) is 20.3 Å². The number of phenolic OH excluding ortho intramolecular Hbond substituents is 1. The fraction of sp³-hybridized carbons (Fsp3) is 0.385. The Labute approximate surface area is 106 Å². The van der Waals surface area contributed by atoms with E-state index in [9.17, 15) is 9.90 Å². The number of carbonyl (C=O) groups is 1. The van der Waals surface area contributed by atoms with Gasteiger partial charge in [0.2, 0.25) is 5.91 Å². The standard InChI is InChI=1S/C13H18N2O3/c1-9(2)6-13(17)15-14-8-10-4-5-11(16)12(7-10)18-3/h4-5,7-9,16H,6H2,1-3H3,(H,15,17). The smallest absolute Gasteiger partial charge is 0.240 e. The third-order valence-electron chi connectivity index (χ3n) is 2.20. The molecular formula is C13H18N2O3. The number of methoxy groups -OCH3 is 1. The SMILES string of the molecule is COc1cc(C=NNC(=O)CC(C)C)ccc1O. The number of rotatable bonds is 5. The molecule has 0 aliphatic heterocycles. The van der Waals surface area contributed by atoms with Gasteiger partial charge in [-0.25, -0.2) is 5.43 Å². The molecule has 0 fully saturated rings. The first-order chi connectivity index (χ1) is 8.52. The van der Waals surface area contributed by atoms with Gasteiger partial charge in [-0.15, -0.1) is 0 Å². The van der Waals surface area contributed by atoms with E-state index in [1.54, 1.807) is 12.1 Å². The van der Waals surface area contributed by atoms with Crippen LogP contribution in [0.2, 0.25) is 0 Å². The van der Waals surface area contributed by atoms with Gasteiger partial charge in [0.05, 0.1) is 13.3 Å². The molecule has 98 valence electrons. The highest BCUT2D eigenvalue weighted by Crippen LogP contribution is 2.25. The zero-order valence-electron chi connectivity index (χ0n) is 10.8. The largest absolute Gasteiger partial charge is 0.504 e. The Balaban J connectivity index is 2.59. The molecule has 18 heavy (non-hydrogen) atoms. The van der Waals surface area contributed by atoms with Crippen LogP contribution in [0.3, 0.4) is 0 Å². The Morgan fingerprint density at radius 2 is 2.28 bits per heavy atom. The van der Waals surface area contributed by atoms with Gasteiger partial charge in [-0.2, -0.15) is 5.10 Å². The van der Waals surface area contributed by atoms with Crippen LogP contribution in [0.1, 0.15) is 25.8 Å². The molecule has 0 aliphatic carbocycles. The maximum atomic E-state index is 11.3. The Morgan fingerprint density at radius 1 is 1.56 bits per heavy atom. The summed E-state index contributed by atoms with van der Waals surface area (Å²) in [6, 6.07) is 4.82. The first-order valence-electron chi connectivity index (χ1n) is 5.72. The third-order valence-corrected chi connectivity index (χ3v) is 2.20. The Hall–Kier alpha value is -2.04. The first kappa shape index (κ1) is 14.0. The van der Waals surface area contributed by atoms with Gasteiger partial charge in [-0.1, -0.05) is 13.8 Å². The minimum absolute atomic E-state index is 0.0680. The molecule has 0 aromatic heterocycles. The van der Waals surface area contributed by atoms with E-state index in [-0.39, 0.29) is 11.7 Å². The van der Waals surface area contributed by atoms with Crippen molar-refractivity contribution in [3.05, 3.63) is 23.8 Å². The normalized spacial score (nSPS) is 10.9. The Morgan fingerprint density at radius 3 is 2.89 bits per heavy atom. The molecule has 5 nitrogen and oxygen atoms in total. The number of amides is 1. The molecule has 0 bridgehead atoms. The summed E-state index contributed by atoms with van der Waals surface area (Å²) in [4.78, 5) is 11.3. The van der Waals surface area contributed by atoms with E-state index in [0.29, 0.717) is 18.1 Å². The topological polar surface area (TPSA) is 70.9 Å². The molecule has 2 N–H and O–H groups in total. The van der Waals surface area contributed by atoms with Gasteiger partial charge in [0.1, 0.15) is 0 Å². The molecule has 0 atom stereocenters. The van der Waals surface area contributed by atoms with Crippen LogP contribution in [-0.2, 0) is 4.79 Å². The van der Waals surface area contributed by atoms with Crippen molar-refractivity contribution in [3.8, 4) is 11.5 Å². The van der Waals surface area contributed by atoms with Gasteiger partial charge in [-0.05, 0) is 29.7 Å². The van der Waals surface area contributed by atoms with Gasteiger partial charge in [-0.3, -0.25) is 4.79 Å². The highest BCUT2D eigenvalue weighted by Gasteiger charge is 2.03. The lowest BCUT2D eigenvalue weighted by atomic mass is 10.1. The van der Waals surface area contributed by atoms with Gasteiger partial charge >= 0.3 is 0 Å². The van der Waals surface area contributed by atoms with Crippen LogP contribution in [0.5, 0.6) is 11.5 Å². The summed E-state index contributed by atoms with van der Waals surface area (Å²) < 4.78 is 4.97. The molecule has 1 amide bonds. The second kappa shape index (κ2) is 6.64. The number of hydrogen-bond acceptors (Lipinski definition) is 4. The zero-order chi connectivity index (χ0) is 13.5. The molecule has 1 aromatic rings. The molecule has 0 heterocycles. The minimum atomic E-state index is -0.119. The summed E-state index contributed by atoms with van der Waals surface area (Å²) in [6.07, 6.45) is 1.94. The van der Waals surface area contributed by atoms with E-state index in [0.717, 1.165) is 5.56 Å². The lowest BCUT2D eigenvalue weighted by Gasteiger charge is -2.04. The molecular weight excluding hydrogens is 232 g/mol. The van der Waals surface area contributed by atoms with Crippen molar-refractivity contribution in [3.63, 3.8) is 0 Å². The van der Waals surface area contributed by atoms with Crippen molar-refractivity contribution in [2.75, 3.05) is 7.11 Å². The number of carbonyl (C=O) groups excluding carboxylic acids is 1. The van der Waals surface area contributed by atoms with Crippen molar-refractivity contribution in [1.82, 2.24) is 5.43 Å². The van der Waals surface area contributed by atoms with Crippen LogP contribution < -0.4 is 10.2 Å². The minimum Gasteiger partial charge on any atom is -0.504 e. The number of hydrogen-bond donors (Lipinski definition) is 2. The van der Waals surface area contributed by atoms with Crippen LogP contribution in [0.4, 0.5) is 0 Å². The number of ether oxygens (including phenoxy) is 1. The predicted octanol–water partition coefficient (Wildman–Crippen LogP) is 1.90. The summed E-state index contributed by atoms with van der Waals surface area (Å²) in [5.74, 6) is 0.618. The fourth-order valence-corrected chi connectivity index (χ4v) is 1.37. The van der Waals surface area contributed by atoms with Crippen molar-refractivity contribution in [1.29, 1.82) is 0 Å². The zero-order valence-corrected chi connectivity index (χ0v) is 10.8. The number of nitrogens with one attached hydrogen (secondary N) is 1. The average molecular weight is 250 g/mol. The highest BCUT2D eigenvalue weighted by atomic mass is 16.5. The van der Waals surface area contributed by atoms with Gasteiger partial charge in [0.25, 0.3) is 0 Å². The fourth-order valence-electron chi connectivity index (χ4n) is 1.37. The molecule has 0 saturated carbocycles. The molecule has 1 rings (SSSR count). The summed E-state index contributed by atoms with van der Waals surface area (Å²) >= 11 is 0. The third kappa shape index (κ3) is 4.45. The predicted molar refractivity (Wildman–Crippen MR) is 69.9 cm³/mol. The summed E-state index contributed by atoms with van der Waals surface area (Å²) in [5.41, 5.74) is 3.17. The van der Waals surface area contributed by atoms with Crippen LogP contribution in [0.15, 0.2) is 23.3 Å². The maximum Gasteiger partial charge on any atom is 0.240 e. The lowest BCUT2D eigenvalue weighted by Crippen LogP contribution is -2.19. The van der Waals surface area contributed by atoms with Crippen LogP contribution in [-0.4, -0.2) is 24.3 Å². The number of benzene rings is 1.